The third-order valence-electron chi connectivity index (χ3n) is 2.55. The minimum absolute atomic E-state index is 0.145. The zero-order valence-corrected chi connectivity index (χ0v) is 13.1. The van der Waals surface area contributed by atoms with E-state index in [0.29, 0.717) is 9.90 Å². The molecule has 1 N–H and O–H groups in total. The van der Waals surface area contributed by atoms with Gasteiger partial charge in [0.25, 0.3) is 5.91 Å². The number of benzene rings is 1. The number of thiophene rings is 1. The summed E-state index contributed by atoms with van der Waals surface area (Å²) in [7, 11) is 0. The summed E-state index contributed by atoms with van der Waals surface area (Å²) in [6, 6.07) is 7.68. The summed E-state index contributed by atoms with van der Waals surface area (Å²) in [5, 5.41) is 2.84. The largest absolute Gasteiger partial charge is 0.345 e. The van der Waals surface area contributed by atoms with E-state index in [4.69, 9.17) is 11.6 Å². The Morgan fingerprint density at radius 1 is 1.42 bits per heavy atom. The Bertz CT molecular complexity index is 616. The quantitative estimate of drug-likeness (QED) is 0.835. The molecule has 1 atom stereocenters. The van der Waals surface area contributed by atoms with Crippen LogP contribution in [0.3, 0.4) is 0 Å². The van der Waals surface area contributed by atoms with Crippen molar-refractivity contribution in [1.82, 2.24) is 5.32 Å². The van der Waals surface area contributed by atoms with Crippen LogP contribution in [0, 0.1) is 5.82 Å². The van der Waals surface area contributed by atoms with E-state index in [1.807, 2.05) is 13.0 Å². The first kappa shape index (κ1) is 14.5. The monoisotopic (exact) mass is 361 g/mol. The van der Waals surface area contributed by atoms with Crippen molar-refractivity contribution in [3.05, 3.63) is 55.4 Å². The Hall–Kier alpha value is -0.910. The molecule has 0 spiro atoms. The topological polar surface area (TPSA) is 29.1 Å². The van der Waals surface area contributed by atoms with Crippen molar-refractivity contribution in [2.24, 2.45) is 0 Å². The van der Waals surface area contributed by atoms with Crippen LogP contribution in [0.25, 0.3) is 0 Å². The van der Waals surface area contributed by atoms with E-state index < -0.39 is 5.82 Å². The third-order valence-corrected chi connectivity index (χ3v) is 4.57. The number of carbonyl (C=O) groups is 1. The molecule has 1 unspecified atom stereocenters. The van der Waals surface area contributed by atoms with E-state index in [1.165, 1.54) is 29.5 Å². The minimum Gasteiger partial charge on any atom is -0.345 e. The number of carbonyl (C=O) groups excluding carboxylic acids is 1. The molecule has 0 aliphatic heterocycles. The fourth-order valence-corrected chi connectivity index (χ4v) is 2.99. The predicted molar refractivity (Wildman–Crippen MR) is 79.3 cm³/mol. The van der Waals surface area contributed by atoms with Gasteiger partial charge in [0.15, 0.2) is 0 Å². The van der Waals surface area contributed by atoms with E-state index in [-0.39, 0.29) is 16.4 Å². The number of halogens is 3. The Kier molecular flexibility index (Phi) is 4.60. The van der Waals surface area contributed by atoms with Gasteiger partial charge in [0.1, 0.15) is 5.82 Å². The van der Waals surface area contributed by atoms with Gasteiger partial charge in [-0.05, 0) is 53.2 Å². The normalized spacial score (nSPS) is 12.2. The van der Waals surface area contributed by atoms with Gasteiger partial charge in [-0.3, -0.25) is 4.79 Å². The highest BCUT2D eigenvalue weighted by Crippen LogP contribution is 2.27. The molecule has 2 aromatic rings. The molecule has 0 saturated carbocycles. The zero-order chi connectivity index (χ0) is 14.0. The summed E-state index contributed by atoms with van der Waals surface area (Å²) in [4.78, 5) is 13.0. The first-order chi connectivity index (χ1) is 8.97. The number of rotatable bonds is 3. The highest BCUT2D eigenvalue weighted by atomic mass is 79.9. The van der Waals surface area contributed by atoms with Gasteiger partial charge in [-0.15, -0.1) is 11.3 Å². The van der Waals surface area contributed by atoms with Crippen LogP contribution in [0.5, 0.6) is 0 Å². The lowest BCUT2D eigenvalue weighted by Crippen LogP contribution is -2.26. The molecule has 1 aromatic heterocycles. The molecule has 6 heteroatoms. The van der Waals surface area contributed by atoms with Gasteiger partial charge >= 0.3 is 0 Å². The molecule has 19 heavy (non-hydrogen) atoms. The second kappa shape index (κ2) is 6.03. The molecule has 0 radical (unpaired) electrons. The standard InChI is InChI=1S/C13H10BrClFNOS/c1-7(11-4-5-12(15)19-11)17-13(18)8-2-3-10(16)9(14)6-8/h2-7H,1H3,(H,17,18). The van der Waals surface area contributed by atoms with Gasteiger partial charge in [0.2, 0.25) is 0 Å². The Morgan fingerprint density at radius 3 is 2.74 bits per heavy atom. The number of hydrogen-bond donors (Lipinski definition) is 1. The second-order valence-corrected chi connectivity index (χ2v) is 6.57. The van der Waals surface area contributed by atoms with Crippen molar-refractivity contribution in [3.8, 4) is 0 Å². The van der Waals surface area contributed by atoms with Gasteiger partial charge in [-0.25, -0.2) is 4.39 Å². The summed E-state index contributed by atoms with van der Waals surface area (Å²) in [5.74, 6) is -0.646. The van der Waals surface area contributed by atoms with Crippen LogP contribution in [0.4, 0.5) is 4.39 Å². The van der Waals surface area contributed by atoms with Crippen LogP contribution in [0.2, 0.25) is 4.34 Å². The van der Waals surface area contributed by atoms with E-state index in [0.717, 1.165) is 4.88 Å². The summed E-state index contributed by atoms with van der Waals surface area (Å²) in [6.07, 6.45) is 0. The maximum absolute atomic E-state index is 13.1. The average Bonchev–Trinajstić information content (AvgIpc) is 2.79. The zero-order valence-electron chi connectivity index (χ0n) is 9.91. The molecular weight excluding hydrogens is 353 g/mol. The molecule has 1 heterocycles. The average molecular weight is 363 g/mol. The van der Waals surface area contributed by atoms with Crippen molar-refractivity contribution in [1.29, 1.82) is 0 Å². The van der Waals surface area contributed by atoms with Gasteiger partial charge in [-0.1, -0.05) is 11.6 Å². The molecular formula is C13H10BrClFNOS. The highest BCUT2D eigenvalue weighted by Gasteiger charge is 2.14. The van der Waals surface area contributed by atoms with Crippen molar-refractivity contribution in [2.45, 2.75) is 13.0 Å². The van der Waals surface area contributed by atoms with E-state index in [9.17, 15) is 9.18 Å². The smallest absolute Gasteiger partial charge is 0.251 e. The van der Waals surface area contributed by atoms with E-state index >= 15 is 0 Å². The molecule has 2 nitrogen and oxygen atoms in total. The fourth-order valence-electron chi connectivity index (χ4n) is 1.55. The molecule has 0 aliphatic rings. The molecule has 0 saturated heterocycles. The molecule has 1 aromatic carbocycles. The number of hydrogen-bond acceptors (Lipinski definition) is 2. The SMILES string of the molecule is CC(NC(=O)c1ccc(F)c(Br)c1)c1ccc(Cl)s1. The van der Waals surface area contributed by atoms with Crippen molar-refractivity contribution in [2.75, 3.05) is 0 Å². The van der Waals surface area contributed by atoms with Crippen LogP contribution < -0.4 is 5.32 Å². The Balaban J connectivity index is 2.10. The maximum Gasteiger partial charge on any atom is 0.251 e. The maximum atomic E-state index is 13.1. The molecule has 100 valence electrons. The lowest BCUT2D eigenvalue weighted by Gasteiger charge is -2.12. The molecule has 0 aliphatic carbocycles. The Morgan fingerprint density at radius 2 is 2.16 bits per heavy atom. The summed E-state index contributed by atoms with van der Waals surface area (Å²) in [5.41, 5.74) is 0.405. The van der Waals surface area contributed by atoms with Gasteiger partial charge in [-0.2, -0.15) is 0 Å². The Labute approximate surface area is 127 Å². The molecule has 0 bridgehead atoms. The van der Waals surface area contributed by atoms with Crippen LogP contribution >= 0.6 is 38.9 Å². The first-order valence-electron chi connectivity index (χ1n) is 5.48. The van der Waals surface area contributed by atoms with Crippen LogP contribution in [0.1, 0.15) is 28.2 Å². The number of amides is 1. The van der Waals surface area contributed by atoms with Gasteiger partial charge in [0.05, 0.1) is 14.9 Å². The summed E-state index contributed by atoms with van der Waals surface area (Å²) < 4.78 is 14.1. The van der Waals surface area contributed by atoms with Crippen molar-refractivity contribution >= 4 is 44.8 Å². The van der Waals surface area contributed by atoms with E-state index in [1.54, 1.807) is 6.07 Å². The van der Waals surface area contributed by atoms with E-state index in [2.05, 4.69) is 21.2 Å². The molecule has 1 amide bonds. The highest BCUT2D eigenvalue weighted by molar-refractivity contribution is 9.10. The molecule has 0 fully saturated rings. The van der Waals surface area contributed by atoms with Crippen molar-refractivity contribution in [3.63, 3.8) is 0 Å². The number of nitrogens with one attached hydrogen (secondary N) is 1. The molecule has 2 rings (SSSR count). The third kappa shape index (κ3) is 3.55. The van der Waals surface area contributed by atoms with Gasteiger partial charge < -0.3 is 5.32 Å². The first-order valence-corrected chi connectivity index (χ1v) is 7.47. The second-order valence-electron chi connectivity index (χ2n) is 3.97. The predicted octanol–water partition coefficient (Wildman–Crippen LogP) is 4.79. The fraction of sp³-hybridized carbons (Fsp3) is 0.154. The summed E-state index contributed by atoms with van der Waals surface area (Å²) >= 11 is 10.3. The van der Waals surface area contributed by atoms with Crippen LogP contribution in [0.15, 0.2) is 34.8 Å². The van der Waals surface area contributed by atoms with Crippen LogP contribution in [-0.4, -0.2) is 5.91 Å². The lowest BCUT2D eigenvalue weighted by atomic mass is 10.2. The van der Waals surface area contributed by atoms with Crippen LogP contribution in [-0.2, 0) is 0 Å². The van der Waals surface area contributed by atoms with Gasteiger partial charge in [0, 0.05) is 10.4 Å². The minimum atomic E-state index is -0.394. The lowest BCUT2D eigenvalue weighted by molar-refractivity contribution is 0.0940. The summed E-state index contributed by atoms with van der Waals surface area (Å²) in [6.45, 7) is 1.87. The van der Waals surface area contributed by atoms with Crippen molar-refractivity contribution < 1.29 is 9.18 Å².